The maximum absolute atomic E-state index is 10.7. The van der Waals surface area contributed by atoms with E-state index in [2.05, 4.69) is 4.74 Å². The van der Waals surface area contributed by atoms with Crippen LogP contribution in [0.1, 0.15) is 13.8 Å². The second-order valence-corrected chi connectivity index (χ2v) is 2.12. The highest BCUT2D eigenvalue weighted by atomic mass is 16.5. The van der Waals surface area contributed by atoms with E-state index in [0.717, 1.165) is 5.57 Å². The molecule has 2 heteroatoms. The van der Waals surface area contributed by atoms with Gasteiger partial charge in [-0.3, -0.25) is 0 Å². The fraction of sp³-hybridized carbons (Fsp3) is 0.286. The van der Waals surface area contributed by atoms with Crippen LogP contribution in [-0.4, -0.2) is 5.97 Å². The summed E-state index contributed by atoms with van der Waals surface area (Å²) in [7, 11) is 0. The number of rotatable bonds is 0. The molecule has 1 heterocycles. The van der Waals surface area contributed by atoms with Gasteiger partial charge in [-0.15, -0.1) is 0 Å². The van der Waals surface area contributed by atoms with Crippen LogP contribution in [0.5, 0.6) is 0 Å². The summed E-state index contributed by atoms with van der Waals surface area (Å²) in [5, 5.41) is 0. The van der Waals surface area contributed by atoms with Crippen molar-refractivity contribution in [2.24, 2.45) is 0 Å². The molecule has 0 atom stereocenters. The predicted octanol–water partition coefficient (Wildman–Crippen LogP) is 1.39. The van der Waals surface area contributed by atoms with Gasteiger partial charge < -0.3 is 4.74 Å². The van der Waals surface area contributed by atoms with Gasteiger partial charge in [-0.2, -0.15) is 0 Å². The molecule has 0 N–H and O–H groups in total. The number of hydrogen-bond donors (Lipinski definition) is 0. The third kappa shape index (κ3) is 1.02. The summed E-state index contributed by atoms with van der Waals surface area (Å²) in [6.07, 6.45) is 3.09. The minimum absolute atomic E-state index is 0.241. The molecule has 0 fully saturated rings. The maximum Gasteiger partial charge on any atom is 0.342 e. The molecular weight excluding hydrogens is 116 g/mol. The predicted molar refractivity (Wildman–Crippen MR) is 33.6 cm³/mol. The summed E-state index contributed by atoms with van der Waals surface area (Å²) in [6.45, 7) is 3.76. The first-order valence-electron chi connectivity index (χ1n) is 2.77. The summed E-state index contributed by atoms with van der Waals surface area (Å²) in [5.74, 6) is -0.241. The minimum Gasteiger partial charge on any atom is -0.431 e. The average Bonchev–Trinajstić information content (AvgIpc) is 2.13. The molecule has 0 aromatic rings. The Bertz CT molecular complexity index is 195. The molecule has 0 saturated heterocycles. The van der Waals surface area contributed by atoms with Gasteiger partial charge >= 0.3 is 5.97 Å². The average molecular weight is 124 g/mol. The fourth-order valence-corrected chi connectivity index (χ4v) is 0.666. The van der Waals surface area contributed by atoms with Crippen molar-refractivity contribution in [3.63, 3.8) is 0 Å². The smallest absolute Gasteiger partial charge is 0.342 e. The van der Waals surface area contributed by atoms with Crippen LogP contribution in [0.4, 0.5) is 0 Å². The molecule has 0 radical (unpaired) electrons. The first-order chi connectivity index (χ1) is 4.22. The lowest BCUT2D eigenvalue weighted by Gasteiger charge is -1.91. The summed E-state index contributed by atoms with van der Waals surface area (Å²) in [6, 6.07) is 0. The molecule has 0 spiro atoms. The quantitative estimate of drug-likeness (QED) is 0.360. The Kier molecular flexibility index (Phi) is 1.39. The molecule has 0 saturated carbocycles. The third-order valence-corrected chi connectivity index (χ3v) is 1.17. The Hall–Kier alpha value is -1.05. The van der Waals surface area contributed by atoms with Crippen LogP contribution in [0.3, 0.4) is 0 Å². The van der Waals surface area contributed by atoms with Gasteiger partial charge in [0, 0.05) is 0 Å². The van der Waals surface area contributed by atoms with Crippen molar-refractivity contribution in [1.29, 1.82) is 0 Å². The summed E-state index contributed by atoms with van der Waals surface area (Å²) < 4.78 is 4.55. The largest absolute Gasteiger partial charge is 0.431 e. The molecule has 0 aliphatic carbocycles. The molecule has 0 unspecified atom stereocenters. The number of allylic oxidation sites excluding steroid dienone is 1. The Morgan fingerprint density at radius 1 is 1.56 bits per heavy atom. The Labute approximate surface area is 53.8 Å². The van der Waals surface area contributed by atoms with Crippen molar-refractivity contribution < 1.29 is 9.53 Å². The van der Waals surface area contributed by atoms with E-state index in [1.807, 2.05) is 13.8 Å². The number of carbonyl (C=O) groups is 1. The van der Waals surface area contributed by atoms with Crippen molar-refractivity contribution in [3.05, 3.63) is 23.5 Å². The van der Waals surface area contributed by atoms with Gasteiger partial charge in [0.15, 0.2) is 0 Å². The first kappa shape index (κ1) is 6.08. The van der Waals surface area contributed by atoms with E-state index in [-0.39, 0.29) is 5.97 Å². The molecule has 1 aliphatic rings. The van der Waals surface area contributed by atoms with E-state index in [1.165, 1.54) is 6.26 Å². The highest BCUT2D eigenvalue weighted by Crippen LogP contribution is 2.12. The van der Waals surface area contributed by atoms with Gasteiger partial charge in [-0.05, 0) is 19.9 Å². The monoisotopic (exact) mass is 124 g/mol. The lowest BCUT2D eigenvalue weighted by molar-refractivity contribution is -0.132. The van der Waals surface area contributed by atoms with Crippen molar-refractivity contribution in [2.75, 3.05) is 0 Å². The lowest BCUT2D eigenvalue weighted by atomic mass is 10.2. The summed E-state index contributed by atoms with van der Waals surface area (Å²) in [5.41, 5.74) is 1.67. The van der Waals surface area contributed by atoms with Crippen molar-refractivity contribution in [3.8, 4) is 0 Å². The number of ether oxygens (including phenoxy) is 1. The van der Waals surface area contributed by atoms with Crippen LogP contribution >= 0.6 is 0 Å². The number of esters is 1. The summed E-state index contributed by atoms with van der Waals surface area (Å²) in [4.78, 5) is 10.7. The standard InChI is InChI=1S/C7H8O2/c1-5(2)6-3-4-9-7(6)8/h3-4H,1-2H3. The van der Waals surface area contributed by atoms with E-state index in [9.17, 15) is 4.79 Å². The molecular formula is C7H8O2. The molecule has 0 aromatic heterocycles. The zero-order valence-corrected chi connectivity index (χ0v) is 5.47. The van der Waals surface area contributed by atoms with Crippen LogP contribution in [0.2, 0.25) is 0 Å². The van der Waals surface area contributed by atoms with Gasteiger partial charge in [0.25, 0.3) is 0 Å². The Balaban J connectivity index is 2.95. The van der Waals surface area contributed by atoms with E-state index in [0.29, 0.717) is 5.57 Å². The maximum atomic E-state index is 10.7. The molecule has 2 nitrogen and oxygen atoms in total. The van der Waals surface area contributed by atoms with Gasteiger partial charge in [0.2, 0.25) is 0 Å². The zero-order valence-electron chi connectivity index (χ0n) is 5.47. The van der Waals surface area contributed by atoms with Crippen LogP contribution in [0.25, 0.3) is 0 Å². The molecule has 48 valence electrons. The SMILES string of the molecule is CC(C)=C1C=COC1=O. The van der Waals surface area contributed by atoms with E-state index >= 15 is 0 Å². The second-order valence-electron chi connectivity index (χ2n) is 2.12. The summed E-state index contributed by atoms with van der Waals surface area (Å²) >= 11 is 0. The van der Waals surface area contributed by atoms with Crippen molar-refractivity contribution in [1.82, 2.24) is 0 Å². The number of cyclic esters (lactones) is 1. The van der Waals surface area contributed by atoms with E-state index < -0.39 is 0 Å². The lowest BCUT2D eigenvalue weighted by Crippen LogP contribution is -1.96. The second kappa shape index (κ2) is 2.05. The Morgan fingerprint density at radius 2 is 2.22 bits per heavy atom. The van der Waals surface area contributed by atoms with Gasteiger partial charge in [0.1, 0.15) is 0 Å². The van der Waals surface area contributed by atoms with Crippen LogP contribution in [0.15, 0.2) is 23.5 Å². The Morgan fingerprint density at radius 3 is 2.44 bits per heavy atom. The molecule has 0 bridgehead atoms. The highest BCUT2D eigenvalue weighted by molar-refractivity contribution is 5.94. The van der Waals surface area contributed by atoms with Crippen LogP contribution in [0, 0.1) is 0 Å². The van der Waals surface area contributed by atoms with Crippen molar-refractivity contribution in [2.45, 2.75) is 13.8 Å². The van der Waals surface area contributed by atoms with Gasteiger partial charge in [-0.1, -0.05) is 5.57 Å². The van der Waals surface area contributed by atoms with E-state index in [1.54, 1.807) is 6.08 Å². The van der Waals surface area contributed by atoms with Gasteiger partial charge in [-0.25, -0.2) is 4.79 Å². The molecule has 1 rings (SSSR count). The molecule has 9 heavy (non-hydrogen) atoms. The number of hydrogen-bond acceptors (Lipinski definition) is 2. The molecule has 0 amide bonds. The van der Waals surface area contributed by atoms with Crippen LogP contribution in [-0.2, 0) is 9.53 Å². The third-order valence-electron chi connectivity index (χ3n) is 1.17. The molecule has 1 aliphatic heterocycles. The number of carbonyl (C=O) groups excluding carboxylic acids is 1. The molecule has 0 aromatic carbocycles. The highest BCUT2D eigenvalue weighted by Gasteiger charge is 2.13. The first-order valence-corrected chi connectivity index (χ1v) is 2.77. The van der Waals surface area contributed by atoms with E-state index in [4.69, 9.17) is 0 Å². The van der Waals surface area contributed by atoms with Crippen LogP contribution < -0.4 is 0 Å². The van der Waals surface area contributed by atoms with Crippen molar-refractivity contribution >= 4 is 5.97 Å². The topological polar surface area (TPSA) is 26.3 Å². The van der Waals surface area contributed by atoms with Gasteiger partial charge in [0.05, 0.1) is 11.8 Å². The minimum atomic E-state index is -0.241. The normalized spacial score (nSPS) is 16.2. The zero-order chi connectivity index (χ0) is 6.85. The fourth-order valence-electron chi connectivity index (χ4n) is 0.666.